The second-order valence-electron chi connectivity index (χ2n) is 15.3. The van der Waals surface area contributed by atoms with Gasteiger partial charge in [-0.3, -0.25) is 0 Å². The molecule has 0 amide bonds. The van der Waals surface area contributed by atoms with Crippen LogP contribution in [0.5, 0.6) is 0 Å². The molecule has 0 spiro atoms. The average Bonchev–Trinajstić information content (AvgIpc) is 3.54. The fraction of sp³-hybridized carbons (Fsp3) is 0.0182. The van der Waals surface area contributed by atoms with Gasteiger partial charge in [-0.05, 0) is 84.9 Å². The Morgan fingerprint density at radius 1 is 0.356 bits per heavy atom. The van der Waals surface area contributed by atoms with Crippen molar-refractivity contribution in [2.75, 3.05) is 6.66 Å². The third-order valence-corrected chi connectivity index (χ3v) is 14.5. The molecule has 0 bridgehead atoms. The molecular weight excluding hydrogens is 736 g/mol. The van der Waals surface area contributed by atoms with Crippen LogP contribution in [0.1, 0.15) is 0 Å². The molecule has 0 fully saturated rings. The Morgan fingerprint density at radius 2 is 0.831 bits per heavy atom. The molecule has 3 nitrogen and oxygen atoms in total. The highest BCUT2D eigenvalue weighted by Crippen LogP contribution is 2.54. The standard InChI is InChI=1S/C55H37N2OP/c1-59(58)51-29-13-12-22-42(51)47-27-15-28-48(54(47)59)53-45-25-10-8-23-43(45)52(44-24-9-11-26-46(44)53)38-32-30-37(31-33-38)49-35-50(57-55(56-49)39-18-6-3-7-19-39)41-21-14-20-40(34-41)36-16-4-2-5-17-36/h2-35H,1H3. The van der Waals surface area contributed by atoms with Gasteiger partial charge in [0, 0.05) is 27.3 Å². The first kappa shape index (κ1) is 35.0. The van der Waals surface area contributed by atoms with Crippen molar-refractivity contribution in [3.05, 3.63) is 206 Å². The van der Waals surface area contributed by atoms with Crippen molar-refractivity contribution in [2.45, 2.75) is 0 Å². The molecule has 1 aliphatic rings. The van der Waals surface area contributed by atoms with Crippen LogP contribution in [0, 0.1) is 0 Å². The number of hydrogen-bond acceptors (Lipinski definition) is 3. The van der Waals surface area contributed by atoms with Crippen LogP contribution >= 0.6 is 7.14 Å². The highest BCUT2D eigenvalue weighted by molar-refractivity contribution is 7.79. The summed E-state index contributed by atoms with van der Waals surface area (Å²) in [5.74, 6) is 0.687. The van der Waals surface area contributed by atoms with Gasteiger partial charge in [0.25, 0.3) is 0 Å². The summed E-state index contributed by atoms with van der Waals surface area (Å²) in [6.07, 6.45) is 0. The predicted octanol–water partition coefficient (Wildman–Crippen LogP) is 13.7. The Bertz CT molecular complexity index is 3250. The van der Waals surface area contributed by atoms with E-state index in [9.17, 15) is 4.57 Å². The molecule has 10 aromatic rings. The molecule has 1 unspecified atom stereocenters. The first-order valence-electron chi connectivity index (χ1n) is 20.0. The molecule has 1 atom stereocenters. The van der Waals surface area contributed by atoms with E-state index in [0.29, 0.717) is 5.82 Å². The molecule has 0 saturated heterocycles. The van der Waals surface area contributed by atoms with Crippen molar-refractivity contribution in [2.24, 2.45) is 0 Å². The lowest BCUT2D eigenvalue weighted by atomic mass is 9.85. The third-order valence-electron chi connectivity index (χ3n) is 11.8. The van der Waals surface area contributed by atoms with Crippen LogP contribution in [-0.2, 0) is 4.57 Å². The van der Waals surface area contributed by atoms with Gasteiger partial charge in [0.05, 0.1) is 11.4 Å². The fourth-order valence-electron chi connectivity index (χ4n) is 9.10. The maximum absolute atomic E-state index is 14.8. The fourth-order valence-corrected chi connectivity index (χ4v) is 11.7. The largest absolute Gasteiger partial charge is 0.314 e. The van der Waals surface area contributed by atoms with Crippen molar-refractivity contribution >= 4 is 39.3 Å². The van der Waals surface area contributed by atoms with E-state index in [1.807, 2.05) is 49.1 Å². The maximum Gasteiger partial charge on any atom is 0.160 e. The first-order valence-corrected chi connectivity index (χ1v) is 22.1. The smallest absolute Gasteiger partial charge is 0.160 e. The molecule has 278 valence electrons. The molecule has 2 heterocycles. The van der Waals surface area contributed by atoms with Gasteiger partial charge >= 0.3 is 0 Å². The van der Waals surface area contributed by atoms with Gasteiger partial charge < -0.3 is 4.57 Å². The zero-order valence-electron chi connectivity index (χ0n) is 32.4. The Hall–Kier alpha value is -7.19. The zero-order chi connectivity index (χ0) is 39.5. The third kappa shape index (κ3) is 5.85. The van der Waals surface area contributed by atoms with Gasteiger partial charge in [0.15, 0.2) is 5.82 Å². The van der Waals surface area contributed by atoms with E-state index in [1.54, 1.807) is 0 Å². The van der Waals surface area contributed by atoms with Crippen molar-refractivity contribution in [1.82, 2.24) is 9.97 Å². The summed E-state index contributed by atoms with van der Waals surface area (Å²) in [7, 11) is -2.86. The van der Waals surface area contributed by atoms with Crippen LogP contribution in [0.25, 0.3) is 100.0 Å². The van der Waals surface area contributed by atoms with E-state index in [4.69, 9.17) is 9.97 Å². The minimum atomic E-state index is -2.86. The first-order chi connectivity index (χ1) is 29.0. The lowest BCUT2D eigenvalue weighted by molar-refractivity contribution is 0.591. The Labute approximate surface area is 343 Å². The molecule has 1 aromatic heterocycles. The molecule has 9 aromatic carbocycles. The van der Waals surface area contributed by atoms with Gasteiger partial charge in [-0.15, -0.1) is 0 Å². The number of hydrogen-bond donors (Lipinski definition) is 0. The normalized spacial score (nSPS) is 14.3. The van der Waals surface area contributed by atoms with Gasteiger partial charge in [0.2, 0.25) is 0 Å². The van der Waals surface area contributed by atoms with Crippen LogP contribution in [0.3, 0.4) is 0 Å². The van der Waals surface area contributed by atoms with Gasteiger partial charge in [-0.25, -0.2) is 9.97 Å². The summed E-state index contributed by atoms with van der Waals surface area (Å²) in [6.45, 7) is 1.94. The Balaban J connectivity index is 1.06. The minimum absolute atomic E-state index is 0.687. The van der Waals surface area contributed by atoms with Crippen LogP contribution in [0.4, 0.5) is 0 Å². The number of rotatable bonds is 6. The summed E-state index contributed by atoms with van der Waals surface area (Å²) in [4.78, 5) is 10.3. The van der Waals surface area contributed by atoms with Gasteiger partial charge in [-0.1, -0.05) is 194 Å². The monoisotopic (exact) mass is 772 g/mol. The molecule has 0 radical (unpaired) electrons. The van der Waals surface area contributed by atoms with Crippen LogP contribution in [-0.4, -0.2) is 16.6 Å². The topological polar surface area (TPSA) is 42.9 Å². The van der Waals surface area contributed by atoms with Crippen molar-refractivity contribution in [3.8, 4) is 78.4 Å². The lowest BCUT2D eigenvalue weighted by Gasteiger charge is -2.21. The van der Waals surface area contributed by atoms with Crippen LogP contribution < -0.4 is 10.6 Å². The lowest BCUT2D eigenvalue weighted by Crippen LogP contribution is -2.11. The SMILES string of the molecule is CP1(=O)c2ccccc2-c2cccc(-c3c4ccccc4c(-c4ccc(-c5cc(-c6cccc(-c7ccccc7)c6)nc(-c6ccccc6)n5)cc4)c4ccccc34)c21. The number of aromatic nitrogens is 2. The average molecular weight is 773 g/mol. The Morgan fingerprint density at radius 3 is 1.51 bits per heavy atom. The molecule has 4 heteroatoms. The minimum Gasteiger partial charge on any atom is -0.314 e. The van der Waals surface area contributed by atoms with E-state index in [0.717, 1.165) is 93.6 Å². The van der Waals surface area contributed by atoms with Crippen molar-refractivity contribution in [3.63, 3.8) is 0 Å². The van der Waals surface area contributed by atoms with Crippen LogP contribution in [0.15, 0.2) is 206 Å². The number of benzene rings is 9. The molecule has 0 aliphatic carbocycles. The highest BCUT2D eigenvalue weighted by Gasteiger charge is 2.37. The second-order valence-corrected chi connectivity index (χ2v) is 18.1. The molecule has 1 aliphatic heterocycles. The van der Waals surface area contributed by atoms with Crippen molar-refractivity contribution < 1.29 is 4.57 Å². The van der Waals surface area contributed by atoms with Crippen LogP contribution in [0.2, 0.25) is 0 Å². The highest BCUT2D eigenvalue weighted by atomic mass is 31.2. The quantitative estimate of drug-likeness (QED) is 0.125. The molecule has 0 saturated carbocycles. The maximum atomic E-state index is 14.8. The van der Waals surface area contributed by atoms with Gasteiger partial charge in [0.1, 0.15) is 7.14 Å². The molecule has 11 rings (SSSR count). The van der Waals surface area contributed by atoms with E-state index in [-0.39, 0.29) is 0 Å². The molecule has 0 N–H and O–H groups in total. The summed E-state index contributed by atoms with van der Waals surface area (Å²) in [6, 6.07) is 72.1. The number of nitrogens with zero attached hydrogens (tertiary/aromatic N) is 2. The van der Waals surface area contributed by atoms with E-state index in [1.165, 1.54) is 11.1 Å². The Kier molecular flexibility index (Phi) is 8.32. The second kappa shape index (κ2) is 14.0. The van der Waals surface area contributed by atoms with Gasteiger partial charge in [-0.2, -0.15) is 0 Å². The molecule has 59 heavy (non-hydrogen) atoms. The summed E-state index contributed by atoms with van der Waals surface area (Å²) in [5, 5.41) is 6.49. The number of fused-ring (bicyclic) bond motifs is 5. The zero-order valence-corrected chi connectivity index (χ0v) is 33.3. The van der Waals surface area contributed by atoms with E-state index >= 15 is 0 Å². The predicted molar refractivity (Wildman–Crippen MR) is 248 cm³/mol. The summed E-state index contributed by atoms with van der Waals surface area (Å²) in [5.41, 5.74) is 13.7. The van der Waals surface area contributed by atoms with E-state index < -0.39 is 7.14 Å². The summed E-state index contributed by atoms with van der Waals surface area (Å²) < 4.78 is 14.8. The van der Waals surface area contributed by atoms with Crippen molar-refractivity contribution in [1.29, 1.82) is 0 Å². The van der Waals surface area contributed by atoms with E-state index in [2.05, 4.69) is 164 Å². The molecular formula is C55H37N2OP. The summed E-state index contributed by atoms with van der Waals surface area (Å²) >= 11 is 0.